The second-order valence-corrected chi connectivity index (χ2v) is 9.70. The SMILES string of the molecule is C[C@@H](NC(=O)[C@H]1CCN1c1nc2c(=O)n(C3CCOCC3)c(C(F)(F)F)nc2s1)c1ccccc1. The van der Waals surface area contributed by atoms with Crippen LogP contribution < -0.4 is 15.8 Å². The number of nitrogens with zero attached hydrogens (tertiary/aromatic N) is 4. The molecule has 186 valence electrons. The fourth-order valence-electron chi connectivity index (χ4n) is 4.50. The molecular formula is C23H24F3N5O3S. The molecule has 1 amide bonds. The summed E-state index contributed by atoms with van der Waals surface area (Å²) < 4.78 is 47.5. The van der Waals surface area contributed by atoms with Crippen molar-refractivity contribution in [2.45, 2.75) is 50.5 Å². The van der Waals surface area contributed by atoms with Gasteiger partial charge in [-0.05, 0) is 31.7 Å². The van der Waals surface area contributed by atoms with Gasteiger partial charge in [0.25, 0.3) is 5.56 Å². The Morgan fingerprint density at radius 3 is 2.51 bits per heavy atom. The first-order chi connectivity index (χ1) is 16.7. The number of halogens is 3. The number of alkyl halides is 3. The minimum Gasteiger partial charge on any atom is -0.381 e. The summed E-state index contributed by atoms with van der Waals surface area (Å²) in [4.78, 5) is 35.9. The highest BCUT2D eigenvalue weighted by molar-refractivity contribution is 7.21. The fourth-order valence-corrected chi connectivity index (χ4v) is 5.51. The number of hydrogen-bond acceptors (Lipinski definition) is 7. The van der Waals surface area contributed by atoms with Crippen molar-refractivity contribution in [3.05, 3.63) is 52.1 Å². The monoisotopic (exact) mass is 507 g/mol. The number of carbonyl (C=O) groups is 1. The van der Waals surface area contributed by atoms with Gasteiger partial charge in [0.15, 0.2) is 15.5 Å². The number of hydrogen-bond donors (Lipinski definition) is 1. The number of fused-ring (bicyclic) bond motifs is 1. The Hall–Kier alpha value is -2.99. The number of aromatic nitrogens is 3. The molecule has 2 fully saturated rings. The number of rotatable bonds is 5. The number of thiazole rings is 1. The average Bonchev–Trinajstić information content (AvgIpc) is 3.22. The van der Waals surface area contributed by atoms with E-state index in [1.54, 1.807) is 4.90 Å². The zero-order chi connectivity index (χ0) is 24.7. The summed E-state index contributed by atoms with van der Waals surface area (Å²) in [7, 11) is 0. The van der Waals surface area contributed by atoms with Gasteiger partial charge in [0.2, 0.25) is 11.7 Å². The molecule has 0 radical (unpaired) electrons. The molecule has 0 saturated carbocycles. The lowest BCUT2D eigenvalue weighted by molar-refractivity contribution is -0.149. The summed E-state index contributed by atoms with van der Waals surface area (Å²) in [5.41, 5.74) is 0.0495. The van der Waals surface area contributed by atoms with E-state index in [1.807, 2.05) is 37.3 Å². The minimum atomic E-state index is -4.79. The Morgan fingerprint density at radius 2 is 1.89 bits per heavy atom. The number of carbonyl (C=O) groups excluding carboxylic acids is 1. The molecule has 1 aromatic carbocycles. The normalized spacial score (nSPS) is 20.0. The summed E-state index contributed by atoms with van der Waals surface area (Å²) in [5, 5.41) is 3.30. The lowest BCUT2D eigenvalue weighted by atomic mass is 10.0. The van der Waals surface area contributed by atoms with Crippen molar-refractivity contribution in [1.29, 1.82) is 0 Å². The third-order valence-electron chi connectivity index (χ3n) is 6.49. The van der Waals surface area contributed by atoms with Crippen molar-refractivity contribution < 1.29 is 22.7 Å². The summed E-state index contributed by atoms with van der Waals surface area (Å²) >= 11 is 0.903. The van der Waals surface area contributed by atoms with Crippen LogP contribution in [0.1, 0.15) is 49.7 Å². The standard InChI is InChI=1S/C23H24F3N5O3S/c1-13(14-5-3-2-4-6-14)27-18(32)16-7-10-30(16)22-28-17-19(35-22)29-21(23(24,25)26)31(20(17)33)15-8-11-34-12-9-15/h2-6,13,15-16H,7-12H2,1H3,(H,27,32)/t13-,16-/m1/s1. The molecular weight excluding hydrogens is 483 g/mol. The van der Waals surface area contributed by atoms with Crippen LogP contribution in [0.3, 0.4) is 0 Å². The van der Waals surface area contributed by atoms with Crippen molar-refractivity contribution in [3.8, 4) is 0 Å². The number of amides is 1. The van der Waals surface area contributed by atoms with Crippen LogP contribution in [0.15, 0.2) is 35.1 Å². The molecule has 12 heteroatoms. The van der Waals surface area contributed by atoms with Crippen LogP contribution in [0.25, 0.3) is 10.3 Å². The summed E-state index contributed by atoms with van der Waals surface area (Å²) in [6.07, 6.45) is -3.62. The summed E-state index contributed by atoms with van der Waals surface area (Å²) in [6, 6.07) is 8.15. The van der Waals surface area contributed by atoms with Gasteiger partial charge in [0.1, 0.15) is 6.04 Å². The summed E-state index contributed by atoms with van der Waals surface area (Å²) in [5.74, 6) is -1.41. The van der Waals surface area contributed by atoms with Gasteiger partial charge in [-0.15, -0.1) is 0 Å². The maximum Gasteiger partial charge on any atom is 0.449 e. The highest BCUT2D eigenvalue weighted by Gasteiger charge is 2.41. The van der Waals surface area contributed by atoms with E-state index in [2.05, 4.69) is 15.3 Å². The highest BCUT2D eigenvalue weighted by Crippen LogP contribution is 2.36. The number of ether oxygens (including phenoxy) is 1. The van der Waals surface area contributed by atoms with Crippen LogP contribution in [0.5, 0.6) is 0 Å². The van der Waals surface area contributed by atoms with Crippen LogP contribution in [0, 0.1) is 0 Å². The third kappa shape index (κ3) is 4.52. The van der Waals surface area contributed by atoms with Gasteiger partial charge < -0.3 is 15.0 Å². The fraction of sp³-hybridized carbons (Fsp3) is 0.478. The second kappa shape index (κ2) is 9.23. The van der Waals surface area contributed by atoms with Gasteiger partial charge in [-0.25, -0.2) is 9.97 Å². The molecule has 2 aromatic heterocycles. The molecule has 5 rings (SSSR count). The van der Waals surface area contributed by atoms with Crippen LogP contribution >= 0.6 is 11.3 Å². The molecule has 0 unspecified atom stereocenters. The van der Waals surface area contributed by atoms with Gasteiger partial charge in [-0.2, -0.15) is 13.2 Å². The lowest BCUT2D eigenvalue weighted by Crippen LogP contribution is -2.56. The Balaban J connectivity index is 1.44. The number of anilines is 1. The average molecular weight is 508 g/mol. The van der Waals surface area contributed by atoms with E-state index >= 15 is 0 Å². The second-order valence-electron chi connectivity index (χ2n) is 8.74. The van der Waals surface area contributed by atoms with Gasteiger partial charge >= 0.3 is 6.18 Å². The highest BCUT2D eigenvalue weighted by atomic mass is 32.1. The Bertz CT molecular complexity index is 1290. The quantitative estimate of drug-likeness (QED) is 0.567. The molecule has 2 aliphatic rings. The molecule has 35 heavy (non-hydrogen) atoms. The van der Waals surface area contributed by atoms with Gasteiger partial charge in [0, 0.05) is 25.8 Å². The predicted octanol–water partition coefficient (Wildman–Crippen LogP) is 3.68. The number of nitrogens with one attached hydrogen (secondary N) is 1. The predicted molar refractivity (Wildman–Crippen MR) is 125 cm³/mol. The largest absolute Gasteiger partial charge is 0.449 e. The van der Waals surface area contributed by atoms with E-state index in [0.29, 0.717) is 30.9 Å². The Morgan fingerprint density at radius 1 is 1.17 bits per heavy atom. The minimum absolute atomic E-state index is 0.0793. The van der Waals surface area contributed by atoms with Gasteiger partial charge in [-0.3, -0.25) is 14.2 Å². The Kier molecular flexibility index (Phi) is 6.26. The first-order valence-corrected chi connectivity index (χ1v) is 12.3. The van der Waals surface area contributed by atoms with E-state index in [0.717, 1.165) is 21.5 Å². The molecule has 4 heterocycles. The van der Waals surface area contributed by atoms with Crippen LogP contribution in [0.4, 0.5) is 18.3 Å². The molecule has 2 saturated heterocycles. The topological polar surface area (TPSA) is 89.4 Å². The maximum absolute atomic E-state index is 13.9. The molecule has 1 N–H and O–H groups in total. The van der Waals surface area contributed by atoms with Crippen molar-refractivity contribution in [3.63, 3.8) is 0 Å². The van der Waals surface area contributed by atoms with Gasteiger partial charge in [-0.1, -0.05) is 41.7 Å². The summed E-state index contributed by atoms with van der Waals surface area (Å²) in [6.45, 7) is 2.95. The van der Waals surface area contributed by atoms with E-state index in [1.165, 1.54) is 0 Å². The van der Waals surface area contributed by atoms with Gasteiger partial charge in [0.05, 0.1) is 6.04 Å². The zero-order valence-corrected chi connectivity index (χ0v) is 19.7. The first-order valence-electron chi connectivity index (χ1n) is 11.4. The Labute approximate surface area is 202 Å². The lowest BCUT2D eigenvalue weighted by Gasteiger charge is -2.40. The van der Waals surface area contributed by atoms with Crippen LogP contribution in [0.2, 0.25) is 0 Å². The smallest absolute Gasteiger partial charge is 0.381 e. The van der Waals surface area contributed by atoms with Crippen molar-refractivity contribution >= 4 is 32.7 Å². The van der Waals surface area contributed by atoms with Crippen LogP contribution in [-0.2, 0) is 15.7 Å². The maximum atomic E-state index is 13.9. The van der Waals surface area contributed by atoms with Crippen LogP contribution in [-0.4, -0.2) is 46.2 Å². The van der Waals surface area contributed by atoms with Crippen molar-refractivity contribution in [2.75, 3.05) is 24.7 Å². The van der Waals surface area contributed by atoms with E-state index in [4.69, 9.17) is 4.74 Å². The van der Waals surface area contributed by atoms with E-state index in [-0.39, 0.29) is 35.5 Å². The van der Waals surface area contributed by atoms with E-state index in [9.17, 15) is 22.8 Å². The molecule has 8 nitrogen and oxygen atoms in total. The van der Waals surface area contributed by atoms with E-state index < -0.39 is 29.6 Å². The zero-order valence-electron chi connectivity index (χ0n) is 18.9. The molecule has 0 spiro atoms. The van der Waals surface area contributed by atoms with Crippen molar-refractivity contribution in [2.24, 2.45) is 0 Å². The molecule has 3 aromatic rings. The molecule has 2 aliphatic heterocycles. The first kappa shape index (κ1) is 23.7. The molecule has 0 aliphatic carbocycles. The third-order valence-corrected chi connectivity index (χ3v) is 7.48. The number of benzene rings is 1. The van der Waals surface area contributed by atoms with Crippen molar-refractivity contribution in [1.82, 2.24) is 19.9 Å². The molecule has 0 bridgehead atoms. The molecule has 2 atom stereocenters.